The summed E-state index contributed by atoms with van der Waals surface area (Å²) in [7, 11) is -0.733. The average molecular weight is 334 g/mol. The predicted octanol–water partition coefficient (Wildman–Crippen LogP) is 1.94. The van der Waals surface area contributed by atoms with E-state index in [4.69, 9.17) is 9.15 Å². The molecule has 0 aliphatic rings. The number of anilines is 1. The highest BCUT2D eigenvalue weighted by molar-refractivity contribution is 7.92. The Labute approximate surface area is 132 Å². The van der Waals surface area contributed by atoms with E-state index >= 15 is 0 Å². The fraction of sp³-hybridized carbons (Fsp3) is 0.133. The number of oxazole rings is 1. The smallest absolute Gasteiger partial charge is 0.419 e. The molecule has 0 aliphatic carbocycles. The molecule has 1 N–H and O–H groups in total. The molecule has 0 fully saturated rings. The Morgan fingerprint density at radius 2 is 1.83 bits per heavy atom. The van der Waals surface area contributed by atoms with Crippen molar-refractivity contribution in [1.29, 1.82) is 0 Å². The third-order valence-electron chi connectivity index (χ3n) is 3.42. The summed E-state index contributed by atoms with van der Waals surface area (Å²) < 4.78 is 38.7. The van der Waals surface area contributed by atoms with Gasteiger partial charge in [0.1, 0.15) is 5.75 Å². The molecule has 23 heavy (non-hydrogen) atoms. The number of hydrogen-bond donors (Lipinski definition) is 1. The summed E-state index contributed by atoms with van der Waals surface area (Å²) in [6.07, 6.45) is 0. The largest absolute Gasteiger partial charge is 0.497 e. The fourth-order valence-electron chi connectivity index (χ4n) is 2.15. The molecule has 0 bridgehead atoms. The molecule has 0 saturated carbocycles. The van der Waals surface area contributed by atoms with Gasteiger partial charge < -0.3 is 9.15 Å². The fourth-order valence-corrected chi connectivity index (χ4v) is 3.22. The SMILES string of the molecule is COc1ccc(NS(=O)(=O)c2ccc3oc(=O)n(C)c3c2)cc1. The van der Waals surface area contributed by atoms with Gasteiger partial charge in [-0.1, -0.05) is 0 Å². The quantitative estimate of drug-likeness (QED) is 0.787. The van der Waals surface area contributed by atoms with Crippen molar-refractivity contribution in [3.63, 3.8) is 0 Å². The van der Waals surface area contributed by atoms with E-state index < -0.39 is 15.8 Å². The van der Waals surface area contributed by atoms with Crippen LogP contribution in [0.3, 0.4) is 0 Å². The highest BCUT2D eigenvalue weighted by atomic mass is 32.2. The number of sulfonamides is 1. The molecule has 0 aliphatic heterocycles. The molecule has 0 spiro atoms. The summed E-state index contributed by atoms with van der Waals surface area (Å²) in [6, 6.07) is 10.7. The minimum atomic E-state index is -3.78. The summed E-state index contributed by atoms with van der Waals surface area (Å²) in [5.74, 6) is 0.0837. The number of aromatic nitrogens is 1. The van der Waals surface area contributed by atoms with Gasteiger partial charge in [0.2, 0.25) is 0 Å². The second-order valence-electron chi connectivity index (χ2n) is 4.89. The standard InChI is InChI=1S/C15H14N2O5S/c1-17-13-9-12(7-8-14(13)22-15(17)18)23(19,20)16-10-3-5-11(21-2)6-4-10/h3-9,16H,1-2H3. The molecule has 1 aromatic heterocycles. The zero-order valence-corrected chi connectivity index (χ0v) is 13.3. The van der Waals surface area contributed by atoms with Gasteiger partial charge in [0.25, 0.3) is 10.0 Å². The Morgan fingerprint density at radius 1 is 1.13 bits per heavy atom. The highest BCUT2D eigenvalue weighted by Crippen LogP contribution is 2.22. The maximum atomic E-state index is 12.5. The minimum Gasteiger partial charge on any atom is -0.497 e. The van der Waals surface area contributed by atoms with Crippen molar-refractivity contribution in [3.05, 3.63) is 53.0 Å². The minimum absolute atomic E-state index is 0.0391. The number of rotatable bonds is 4. The molecule has 1 heterocycles. The van der Waals surface area contributed by atoms with Crippen LogP contribution in [0.2, 0.25) is 0 Å². The number of benzene rings is 2. The zero-order valence-electron chi connectivity index (χ0n) is 12.4. The Bertz CT molecular complexity index is 1020. The Balaban J connectivity index is 1.98. The van der Waals surface area contributed by atoms with Crippen LogP contribution in [0.5, 0.6) is 5.75 Å². The number of ether oxygens (including phenoxy) is 1. The zero-order chi connectivity index (χ0) is 16.6. The van der Waals surface area contributed by atoms with Crippen LogP contribution < -0.4 is 15.2 Å². The summed E-state index contributed by atoms with van der Waals surface area (Å²) in [4.78, 5) is 11.5. The second-order valence-corrected chi connectivity index (χ2v) is 6.57. The third kappa shape index (κ3) is 2.80. The first kappa shape index (κ1) is 15.2. The number of hydrogen-bond acceptors (Lipinski definition) is 5. The van der Waals surface area contributed by atoms with Crippen molar-refractivity contribution >= 4 is 26.8 Å². The van der Waals surface area contributed by atoms with Crippen LogP contribution in [-0.4, -0.2) is 20.1 Å². The monoisotopic (exact) mass is 334 g/mol. The van der Waals surface area contributed by atoms with E-state index in [1.165, 1.54) is 36.9 Å². The molecule has 3 rings (SSSR count). The molecule has 0 saturated heterocycles. The molecule has 0 atom stereocenters. The van der Waals surface area contributed by atoms with Crippen molar-refractivity contribution in [2.75, 3.05) is 11.8 Å². The van der Waals surface area contributed by atoms with E-state index in [-0.39, 0.29) is 4.90 Å². The van der Waals surface area contributed by atoms with Crippen molar-refractivity contribution < 1.29 is 17.6 Å². The maximum Gasteiger partial charge on any atom is 0.419 e. The lowest BCUT2D eigenvalue weighted by molar-refractivity contribution is 0.415. The predicted molar refractivity (Wildman–Crippen MR) is 85.3 cm³/mol. The van der Waals surface area contributed by atoms with Gasteiger partial charge in [-0.15, -0.1) is 0 Å². The number of fused-ring (bicyclic) bond motifs is 1. The molecule has 7 nitrogen and oxygen atoms in total. The molecular formula is C15H14N2O5S. The molecule has 8 heteroatoms. The van der Waals surface area contributed by atoms with E-state index in [0.717, 1.165) is 0 Å². The van der Waals surface area contributed by atoms with Gasteiger partial charge in [0.15, 0.2) is 5.58 Å². The van der Waals surface area contributed by atoms with Crippen molar-refractivity contribution in [2.45, 2.75) is 4.90 Å². The van der Waals surface area contributed by atoms with E-state index in [0.29, 0.717) is 22.5 Å². The van der Waals surface area contributed by atoms with Gasteiger partial charge in [-0.3, -0.25) is 9.29 Å². The maximum absolute atomic E-state index is 12.5. The number of nitrogens with one attached hydrogen (secondary N) is 1. The normalized spacial score (nSPS) is 11.6. The summed E-state index contributed by atoms with van der Waals surface area (Å²) in [6.45, 7) is 0. The Kier molecular flexibility index (Phi) is 3.61. The molecule has 2 aromatic carbocycles. The molecule has 0 amide bonds. The lowest BCUT2D eigenvalue weighted by Crippen LogP contribution is -2.13. The molecule has 120 valence electrons. The van der Waals surface area contributed by atoms with Gasteiger partial charge in [-0.25, -0.2) is 13.2 Å². The van der Waals surface area contributed by atoms with Crippen LogP contribution in [-0.2, 0) is 17.1 Å². The first-order valence-corrected chi connectivity index (χ1v) is 8.15. The molecule has 0 unspecified atom stereocenters. The summed E-state index contributed by atoms with van der Waals surface area (Å²) in [5, 5.41) is 0. The van der Waals surface area contributed by atoms with E-state index in [9.17, 15) is 13.2 Å². The first-order chi connectivity index (χ1) is 10.9. The van der Waals surface area contributed by atoms with Crippen molar-refractivity contribution in [3.8, 4) is 5.75 Å². The molecule has 3 aromatic rings. The van der Waals surface area contributed by atoms with Crippen molar-refractivity contribution in [1.82, 2.24) is 4.57 Å². The van der Waals surface area contributed by atoms with Gasteiger partial charge >= 0.3 is 5.76 Å². The van der Waals surface area contributed by atoms with Crippen LogP contribution in [0.25, 0.3) is 11.1 Å². The van der Waals surface area contributed by atoms with Crippen LogP contribution in [0.1, 0.15) is 0 Å². The van der Waals surface area contributed by atoms with E-state index in [2.05, 4.69) is 4.72 Å². The lowest BCUT2D eigenvalue weighted by Gasteiger charge is -2.09. The second kappa shape index (κ2) is 5.47. The number of methoxy groups -OCH3 is 1. The highest BCUT2D eigenvalue weighted by Gasteiger charge is 2.17. The lowest BCUT2D eigenvalue weighted by atomic mass is 10.3. The van der Waals surface area contributed by atoms with Gasteiger partial charge in [-0.05, 0) is 42.5 Å². The van der Waals surface area contributed by atoms with Crippen LogP contribution in [0.15, 0.2) is 56.6 Å². The Hall–Kier alpha value is -2.74. The van der Waals surface area contributed by atoms with Gasteiger partial charge in [0.05, 0.1) is 17.5 Å². The topological polar surface area (TPSA) is 90.5 Å². The van der Waals surface area contributed by atoms with Gasteiger partial charge in [0, 0.05) is 12.7 Å². The van der Waals surface area contributed by atoms with Crippen LogP contribution in [0, 0.1) is 0 Å². The summed E-state index contributed by atoms with van der Waals surface area (Å²) in [5.41, 5.74) is 1.15. The number of aryl methyl sites for hydroxylation is 1. The first-order valence-electron chi connectivity index (χ1n) is 6.67. The van der Waals surface area contributed by atoms with E-state index in [1.807, 2.05) is 0 Å². The van der Waals surface area contributed by atoms with Crippen LogP contribution in [0.4, 0.5) is 5.69 Å². The van der Waals surface area contributed by atoms with Crippen LogP contribution >= 0.6 is 0 Å². The Morgan fingerprint density at radius 3 is 2.48 bits per heavy atom. The van der Waals surface area contributed by atoms with Gasteiger partial charge in [-0.2, -0.15) is 0 Å². The summed E-state index contributed by atoms with van der Waals surface area (Å²) >= 11 is 0. The third-order valence-corrected chi connectivity index (χ3v) is 4.79. The molecule has 0 radical (unpaired) electrons. The van der Waals surface area contributed by atoms with E-state index in [1.54, 1.807) is 24.3 Å². The molecular weight excluding hydrogens is 320 g/mol. The van der Waals surface area contributed by atoms with Crippen molar-refractivity contribution in [2.24, 2.45) is 7.05 Å². The average Bonchev–Trinajstić information content (AvgIpc) is 2.82. The number of nitrogens with zero attached hydrogens (tertiary/aromatic N) is 1.